The van der Waals surface area contributed by atoms with Crippen molar-refractivity contribution in [3.8, 4) is 11.4 Å². The van der Waals surface area contributed by atoms with Crippen molar-refractivity contribution in [2.75, 3.05) is 11.6 Å². The number of fused-ring (bicyclic) bond motifs is 1. The van der Waals surface area contributed by atoms with E-state index in [4.69, 9.17) is 0 Å². The van der Waals surface area contributed by atoms with Gasteiger partial charge in [-0.05, 0) is 61.7 Å². The fourth-order valence-corrected chi connectivity index (χ4v) is 4.15. The molecule has 29 heavy (non-hydrogen) atoms. The van der Waals surface area contributed by atoms with Crippen LogP contribution in [-0.2, 0) is 22.8 Å². The Kier molecular flexibility index (Phi) is 4.96. The second-order valence-corrected chi connectivity index (χ2v) is 9.34. The van der Waals surface area contributed by atoms with E-state index in [0.717, 1.165) is 49.3 Å². The van der Waals surface area contributed by atoms with Crippen molar-refractivity contribution in [1.82, 2.24) is 14.8 Å². The molecule has 0 fully saturated rings. The minimum atomic E-state index is -3.38. The Labute approximate surface area is 169 Å². The third kappa shape index (κ3) is 3.93. The number of hydrogen-bond donors (Lipinski definition) is 1. The molecule has 0 spiro atoms. The van der Waals surface area contributed by atoms with Gasteiger partial charge in [-0.2, -0.15) is 0 Å². The van der Waals surface area contributed by atoms with Gasteiger partial charge in [-0.1, -0.05) is 6.07 Å². The standard InChI is InChI=1S/C21H22N4O3S/c1-14-6-11-17(29(2,27)28)13-18(14)21(26)22-16-9-7-15(8-10-16)20-24-23-19-5-3-4-12-25(19)20/h6-11,13H,3-5,12H2,1-2H3,(H,22,26). The van der Waals surface area contributed by atoms with E-state index < -0.39 is 9.84 Å². The van der Waals surface area contributed by atoms with Gasteiger partial charge in [0.2, 0.25) is 0 Å². The summed E-state index contributed by atoms with van der Waals surface area (Å²) in [6, 6.07) is 12.0. The molecule has 0 saturated carbocycles. The smallest absolute Gasteiger partial charge is 0.255 e. The molecule has 3 aromatic rings. The predicted octanol–water partition coefficient (Wildman–Crippen LogP) is 3.25. The molecule has 1 amide bonds. The van der Waals surface area contributed by atoms with Gasteiger partial charge in [-0.25, -0.2) is 8.42 Å². The summed E-state index contributed by atoms with van der Waals surface area (Å²) in [5.74, 6) is 1.51. The second-order valence-electron chi connectivity index (χ2n) is 7.33. The quantitative estimate of drug-likeness (QED) is 0.713. The van der Waals surface area contributed by atoms with Gasteiger partial charge in [-0.3, -0.25) is 4.79 Å². The predicted molar refractivity (Wildman–Crippen MR) is 111 cm³/mol. The molecule has 0 radical (unpaired) electrons. The molecule has 1 aliphatic heterocycles. The first kappa shape index (κ1) is 19.3. The molecule has 4 rings (SSSR count). The van der Waals surface area contributed by atoms with E-state index in [1.807, 2.05) is 24.3 Å². The number of nitrogens with one attached hydrogen (secondary N) is 1. The zero-order valence-electron chi connectivity index (χ0n) is 16.3. The minimum Gasteiger partial charge on any atom is -0.322 e. The molecule has 0 aliphatic carbocycles. The van der Waals surface area contributed by atoms with E-state index in [1.54, 1.807) is 13.0 Å². The molecule has 1 N–H and O–H groups in total. The van der Waals surface area contributed by atoms with Crippen LogP contribution in [0.3, 0.4) is 0 Å². The first-order valence-corrected chi connectivity index (χ1v) is 11.4. The normalized spacial score (nSPS) is 13.7. The minimum absolute atomic E-state index is 0.125. The van der Waals surface area contributed by atoms with Crippen molar-refractivity contribution in [3.05, 3.63) is 59.4 Å². The number of hydrogen-bond acceptors (Lipinski definition) is 5. The van der Waals surface area contributed by atoms with Crippen LogP contribution in [0.15, 0.2) is 47.4 Å². The van der Waals surface area contributed by atoms with Crippen LogP contribution in [0.1, 0.15) is 34.6 Å². The van der Waals surface area contributed by atoms with E-state index in [-0.39, 0.29) is 10.8 Å². The summed E-state index contributed by atoms with van der Waals surface area (Å²) in [5.41, 5.74) is 2.62. The van der Waals surface area contributed by atoms with Gasteiger partial charge in [0.15, 0.2) is 15.7 Å². The molecule has 0 saturated heterocycles. The summed E-state index contributed by atoms with van der Waals surface area (Å²) in [7, 11) is -3.38. The van der Waals surface area contributed by atoms with Crippen LogP contribution >= 0.6 is 0 Å². The third-order valence-electron chi connectivity index (χ3n) is 5.14. The van der Waals surface area contributed by atoms with Crippen molar-refractivity contribution in [2.24, 2.45) is 0 Å². The number of sulfone groups is 1. The van der Waals surface area contributed by atoms with Crippen LogP contribution in [-0.4, -0.2) is 35.3 Å². The highest BCUT2D eigenvalue weighted by molar-refractivity contribution is 7.90. The van der Waals surface area contributed by atoms with Gasteiger partial charge in [-0.15, -0.1) is 10.2 Å². The Bertz CT molecular complexity index is 1180. The topological polar surface area (TPSA) is 93.9 Å². The number of benzene rings is 2. The summed E-state index contributed by atoms with van der Waals surface area (Å²) >= 11 is 0. The number of carbonyl (C=O) groups is 1. The monoisotopic (exact) mass is 410 g/mol. The Hall–Kier alpha value is -3.00. The maximum absolute atomic E-state index is 12.7. The van der Waals surface area contributed by atoms with Crippen molar-refractivity contribution >= 4 is 21.4 Å². The molecule has 1 aromatic heterocycles. The fraction of sp³-hybridized carbons (Fsp3) is 0.286. The van der Waals surface area contributed by atoms with Crippen LogP contribution in [0.2, 0.25) is 0 Å². The summed E-state index contributed by atoms with van der Waals surface area (Å²) < 4.78 is 25.7. The lowest BCUT2D eigenvalue weighted by Crippen LogP contribution is -2.14. The van der Waals surface area contributed by atoms with Crippen LogP contribution < -0.4 is 5.32 Å². The van der Waals surface area contributed by atoms with E-state index in [0.29, 0.717) is 16.8 Å². The summed E-state index contributed by atoms with van der Waals surface area (Å²) in [5, 5.41) is 11.4. The highest BCUT2D eigenvalue weighted by Crippen LogP contribution is 2.25. The molecule has 0 atom stereocenters. The van der Waals surface area contributed by atoms with Gasteiger partial charge in [0.25, 0.3) is 5.91 Å². The lowest BCUT2D eigenvalue weighted by Gasteiger charge is -2.15. The summed E-state index contributed by atoms with van der Waals surface area (Å²) in [6.07, 6.45) is 4.34. The van der Waals surface area contributed by atoms with Crippen LogP contribution in [0.4, 0.5) is 5.69 Å². The number of rotatable bonds is 4. The lowest BCUT2D eigenvalue weighted by molar-refractivity contribution is 0.102. The van der Waals surface area contributed by atoms with Crippen molar-refractivity contribution < 1.29 is 13.2 Å². The molecule has 150 valence electrons. The van der Waals surface area contributed by atoms with E-state index in [1.165, 1.54) is 12.1 Å². The average molecular weight is 410 g/mol. The number of amides is 1. The molecule has 0 unspecified atom stereocenters. The van der Waals surface area contributed by atoms with Crippen molar-refractivity contribution in [3.63, 3.8) is 0 Å². The van der Waals surface area contributed by atoms with Gasteiger partial charge in [0, 0.05) is 36.0 Å². The second kappa shape index (κ2) is 7.44. The molecule has 7 nitrogen and oxygen atoms in total. The molecule has 0 bridgehead atoms. The zero-order chi connectivity index (χ0) is 20.6. The van der Waals surface area contributed by atoms with Gasteiger partial charge in [0.05, 0.1) is 4.90 Å². The maximum Gasteiger partial charge on any atom is 0.255 e. The summed E-state index contributed by atoms with van der Waals surface area (Å²) in [4.78, 5) is 12.8. The van der Waals surface area contributed by atoms with E-state index in [9.17, 15) is 13.2 Å². The first-order chi connectivity index (χ1) is 13.8. The maximum atomic E-state index is 12.7. The number of anilines is 1. The first-order valence-electron chi connectivity index (χ1n) is 9.47. The van der Waals surface area contributed by atoms with E-state index in [2.05, 4.69) is 20.1 Å². The Morgan fingerprint density at radius 1 is 1.07 bits per heavy atom. The third-order valence-corrected chi connectivity index (χ3v) is 6.25. The molecular weight excluding hydrogens is 388 g/mol. The lowest BCUT2D eigenvalue weighted by atomic mass is 10.1. The van der Waals surface area contributed by atoms with Crippen molar-refractivity contribution in [2.45, 2.75) is 37.6 Å². The van der Waals surface area contributed by atoms with Crippen LogP contribution in [0, 0.1) is 6.92 Å². The highest BCUT2D eigenvalue weighted by atomic mass is 32.2. The number of aryl methyl sites for hydroxylation is 2. The molecule has 2 heterocycles. The summed E-state index contributed by atoms with van der Waals surface area (Å²) in [6.45, 7) is 2.70. The number of nitrogens with zero attached hydrogens (tertiary/aromatic N) is 3. The molecule has 1 aliphatic rings. The largest absolute Gasteiger partial charge is 0.322 e. The zero-order valence-corrected chi connectivity index (χ0v) is 17.2. The molecule has 2 aromatic carbocycles. The average Bonchev–Trinajstić information content (AvgIpc) is 3.12. The molecular formula is C21H22N4O3S. The van der Waals surface area contributed by atoms with Crippen molar-refractivity contribution in [1.29, 1.82) is 0 Å². The van der Waals surface area contributed by atoms with Gasteiger partial charge < -0.3 is 9.88 Å². The van der Waals surface area contributed by atoms with E-state index >= 15 is 0 Å². The Morgan fingerprint density at radius 2 is 1.83 bits per heavy atom. The van der Waals surface area contributed by atoms with Crippen LogP contribution in [0.25, 0.3) is 11.4 Å². The molecule has 8 heteroatoms. The Morgan fingerprint density at radius 3 is 2.55 bits per heavy atom. The van der Waals surface area contributed by atoms with Gasteiger partial charge >= 0.3 is 0 Å². The fourth-order valence-electron chi connectivity index (χ4n) is 3.50. The highest BCUT2D eigenvalue weighted by Gasteiger charge is 2.18. The number of aromatic nitrogens is 3. The SMILES string of the molecule is Cc1ccc(S(C)(=O)=O)cc1C(=O)Nc1ccc(-c2nnc3n2CCCC3)cc1. The van der Waals surface area contributed by atoms with Crippen LogP contribution in [0.5, 0.6) is 0 Å². The Balaban J connectivity index is 1.55. The number of carbonyl (C=O) groups excluding carboxylic acids is 1. The van der Waals surface area contributed by atoms with Gasteiger partial charge in [0.1, 0.15) is 5.82 Å².